The van der Waals surface area contributed by atoms with E-state index < -0.39 is 62.1 Å². The third-order valence-electron chi connectivity index (χ3n) is 8.43. The highest BCUT2D eigenvalue weighted by molar-refractivity contribution is 8.45. The Morgan fingerprint density at radius 2 is 1.56 bits per heavy atom. The molecule has 2 aromatic rings. The lowest BCUT2D eigenvalue weighted by Gasteiger charge is -2.40. The molecule has 2 amide bonds. The van der Waals surface area contributed by atoms with E-state index in [0.29, 0.717) is 12.3 Å². The van der Waals surface area contributed by atoms with Crippen LogP contribution in [0.1, 0.15) is 49.4 Å². The Balaban J connectivity index is 1.36. The van der Waals surface area contributed by atoms with Crippen molar-refractivity contribution >= 4 is 27.7 Å². The highest BCUT2D eigenvalue weighted by Crippen LogP contribution is 3.02. The molecule has 0 spiro atoms. The van der Waals surface area contributed by atoms with Crippen molar-refractivity contribution in [1.82, 2.24) is 5.32 Å². The lowest BCUT2D eigenvalue weighted by molar-refractivity contribution is -0.121. The van der Waals surface area contributed by atoms with Gasteiger partial charge in [0.2, 0.25) is 5.91 Å². The lowest BCUT2D eigenvalue weighted by Crippen LogP contribution is -2.47. The third kappa shape index (κ3) is 6.58. The Morgan fingerprint density at radius 3 is 2.21 bits per heavy atom. The van der Waals surface area contributed by atoms with Gasteiger partial charge in [-0.2, -0.15) is 0 Å². The first-order chi connectivity index (χ1) is 19.9. The maximum Gasteiger partial charge on any atom is 0.313 e. The summed E-state index contributed by atoms with van der Waals surface area (Å²) in [5, 5.41) is 4.94. The molecule has 2 N–H and O–H groups in total. The van der Waals surface area contributed by atoms with E-state index in [4.69, 9.17) is 9.47 Å². The van der Waals surface area contributed by atoms with Gasteiger partial charge < -0.3 is 20.1 Å². The minimum Gasteiger partial charge on any atom is -0.496 e. The van der Waals surface area contributed by atoms with Crippen molar-refractivity contribution in [3.63, 3.8) is 0 Å². The molecule has 14 heteroatoms. The smallest absolute Gasteiger partial charge is 0.313 e. The molecule has 6 nitrogen and oxygen atoms in total. The predicted molar refractivity (Wildman–Crippen MR) is 147 cm³/mol. The van der Waals surface area contributed by atoms with Crippen LogP contribution in [0, 0.1) is 35.3 Å². The molecular formula is C29H31F7N2O4S. The number of nitrogens with one attached hydrogen (secondary N) is 2. The number of anilines is 1. The van der Waals surface area contributed by atoms with E-state index in [1.807, 2.05) is 0 Å². The van der Waals surface area contributed by atoms with Gasteiger partial charge in [0.15, 0.2) is 11.6 Å². The summed E-state index contributed by atoms with van der Waals surface area (Å²) in [7, 11) is -9.12. The summed E-state index contributed by atoms with van der Waals surface area (Å²) >= 11 is 0. The van der Waals surface area contributed by atoms with Gasteiger partial charge in [0.1, 0.15) is 16.5 Å². The molecular weight excluding hydrogens is 605 g/mol. The van der Waals surface area contributed by atoms with E-state index in [2.05, 4.69) is 17.6 Å². The number of carbonyl (C=O) groups excluding carboxylic acids is 2. The molecule has 3 aliphatic rings. The first-order valence-electron chi connectivity index (χ1n) is 13.8. The van der Waals surface area contributed by atoms with E-state index in [9.17, 15) is 37.8 Å². The van der Waals surface area contributed by atoms with Crippen LogP contribution in [0.4, 0.5) is 33.9 Å². The van der Waals surface area contributed by atoms with Crippen LogP contribution in [-0.4, -0.2) is 31.1 Å². The summed E-state index contributed by atoms with van der Waals surface area (Å²) in [5.41, 5.74) is -0.723. The molecule has 5 rings (SSSR count). The fraction of sp³-hybridized carbons (Fsp3) is 0.448. The molecule has 0 aromatic heterocycles. The Kier molecular flexibility index (Phi) is 7.46. The van der Waals surface area contributed by atoms with Gasteiger partial charge in [0.25, 0.3) is 5.91 Å². The van der Waals surface area contributed by atoms with E-state index in [1.54, 1.807) is 12.2 Å². The minimum absolute atomic E-state index is 0.0481. The van der Waals surface area contributed by atoms with Gasteiger partial charge in [-0.05, 0) is 74.1 Å². The van der Waals surface area contributed by atoms with Gasteiger partial charge in [0, 0.05) is 17.8 Å². The van der Waals surface area contributed by atoms with Crippen LogP contribution >= 0.6 is 10.2 Å². The fourth-order valence-electron chi connectivity index (χ4n) is 6.21. The fourth-order valence-corrected chi connectivity index (χ4v) is 6.99. The van der Waals surface area contributed by atoms with Crippen LogP contribution in [0.5, 0.6) is 11.5 Å². The highest BCUT2D eigenvalue weighted by atomic mass is 32.5. The van der Waals surface area contributed by atoms with Crippen LogP contribution < -0.4 is 20.1 Å². The number of benzene rings is 2. The normalized spacial score (nSPS) is 28.1. The number of hydrogen-bond acceptors (Lipinski definition) is 4. The Bertz CT molecular complexity index is 1480. The molecule has 0 heterocycles. The monoisotopic (exact) mass is 636 g/mol. The number of halogens is 7. The molecule has 2 saturated carbocycles. The van der Waals surface area contributed by atoms with Crippen molar-refractivity contribution in [1.29, 1.82) is 0 Å². The molecule has 0 saturated heterocycles. The SMILES string of the molecule is COc1cc(F)c(OC2CCC(C)CC2)cc1C(=O)N[C@H]1[C@@H](C(=O)Nc2ccc(F)c(S(F)(F)(F)(F)F)c2)[C@@H]2C=C[C@H]1C2. The maximum absolute atomic E-state index is 14.9. The van der Waals surface area contributed by atoms with Gasteiger partial charge >= 0.3 is 10.2 Å². The highest BCUT2D eigenvalue weighted by Gasteiger charge is 2.67. The van der Waals surface area contributed by atoms with Crippen molar-refractivity contribution in [2.24, 2.45) is 23.7 Å². The number of carbonyl (C=O) groups is 2. The van der Waals surface area contributed by atoms with Crippen molar-refractivity contribution in [3.8, 4) is 11.5 Å². The average molecular weight is 637 g/mol. The van der Waals surface area contributed by atoms with Crippen LogP contribution in [-0.2, 0) is 4.79 Å². The first kappa shape index (κ1) is 31.0. The minimum atomic E-state index is -10.4. The predicted octanol–water partition coefficient (Wildman–Crippen LogP) is 8.15. The Hall–Kier alpha value is -3.42. The second-order valence-electron chi connectivity index (χ2n) is 11.6. The number of amides is 2. The molecule has 2 aromatic carbocycles. The molecule has 0 unspecified atom stereocenters. The first-order valence-corrected chi connectivity index (χ1v) is 15.8. The largest absolute Gasteiger partial charge is 0.496 e. The lowest BCUT2D eigenvalue weighted by atomic mass is 9.87. The van der Waals surface area contributed by atoms with Crippen LogP contribution in [0.3, 0.4) is 0 Å². The summed E-state index contributed by atoms with van der Waals surface area (Å²) in [6.07, 6.45) is 7.08. The Labute approximate surface area is 243 Å². The topological polar surface area (TPSA) is 76.7 Å². The van der Waals surface area contributed by atoms with Crippen molar-refractivity contribution < 1.29 is 47.3 Å². The number of hydrogen-bond donors (Lipinski definition) is 2. The molecule has 0 radical (unpaired) electrons. The number of fused-ring (bicyclic) bond motifs is 2. The van der Waals surface area contributed by atoms with E-state index in [-0.39, 0.29) is 41.2 Å². The van der Waals surface area contributed by atoms with Gasteiger partial charge in [-0.1, -0.05) is 38.5 Å². The summed E-state index contributed by atoms with van der Waals surface area (Å²) in [5.74, 6) is -5.79. The van der Waals surface area contributed by atoms with E-state index >= 15 is 0 Å². The Morgan fingerprint density at radius 1 is 0.884 bits per heavy atom. The second kappa shape index (κ2) is 10.3. The number of ether oxygens (including phenoxy) is 2. The summed E-state index contributed by atoms with van der Waals surface area (Å²) in [6.45, 7) is 2.13. The zero-order valence-electron chi connectivity index (χ0n) is 23.2. The van der Waals surface area contributed by atoms with Gasteiger partial charge in [-0.3, -0.25) is 9.59 Å². The molecule has 3 aliphatic carbocycles. The zero-order chi connectivity index (χ0) is 31.4. The standard InChI is InChI=1S/C29H31F7N2O4S/c1-15-3-8-19(9-4-15)42-24-13-20(23(41-2)14-22(24)31)28(39)38-27-17-6-5-16(11-17)26(27)29(40)37-18-7-10-21(30)25(12-18)43(32,33,34,35)36/h5-7,10,12-17,19,26-27H,3-4,8-9,11H2,1-2H3,(H,37,40)(H,38,39)/t15?,16-,17+,19?,26+,27-/m1/s1. The summed E-state index contributed by atoms with van der Waals surface area (Å²) in [4.78, 5) is 24.0. The van der Waals surface area contributed by atoms with Gasteiger partial charge in [-0.15, -0.1) is 0 Å². The number of rotatable bonds is 8. The van der Waals surface area contributed by atoms with Crippen LogP contribution in [0.25, 0.3) is 0 Å². The van der Waals surface area contributed by atoms with Crippen molar-refractivity contribution in [2.45, 2.75) is 56.1 Å². The molecule has 4 atom stereocenters. The molecule has 2 fully saturated rings. The molecule has 0 aliphatic heterocycles. The average Bonchev–Trinajstić information content (AvgIpc) is 3.52. The van der Waals surface area contributed by atoms with Crippen LogP contribution in [0.15, 0.2) is 47.4 Å². The van der Waals surface area contributed by atoms with E-state index in [0.717, 1.165) is 37.8 Å². The maximum atomic E-state index is 14.9. The van der Waals surface area contributed by atoms with Gasteiger partial charge in [-0.25, -0.2) is 8.78 Å². The van der Waals surface area contributed by atoms with E-state index in [1.165, 1.54) is 13.2 Å². The quantitative estimate of drug-likeness (QED) is 0.227. The molecule has 2 bridgehead atoms. The van der Waals surface area contributed by atoms with Gasteiger partial charge in [0.05, 0.1) is 24.7 Å². The molecule has 43 heavy (non-hydrogen) atoms. The van der Waals surface area contributed by atoms with Crippen LogP contribution in [0.2, 0.25) is 0 Å². The molecule has 236 valence electrons. The summed E-state index contributed by atoms with van der Waals surface area (Å²) < 4.78 is 106. The van der Waals surface area contributed by atoms with Crippen molar-refractivity contribution in [2.75, 3.05) is 12.4 Å². The number of methoxy groups -OCH3 is 1. The second-order valence-corrected chi connectivity index (χ2v) is 13.9. The third-order valence-corrected chi connectivity index (χ3v) is 9.57. The summed E-state index contributed by atoms with van der Waals surface area (Å²) in [6, 6.07) is 2.25. The van der Waals surface area contributed by atoms with Crippen molar-refractivity contribution in [3.05, 3.63) is 59.7 Å². The zero-order valence-corrected chi connectivity index (χ0v) is 24.0. The number of allylic oxidation sites excluding steroid dienone is 1.